The highest BCUT2D eigenvalue weighted by molar-refractivity contribution is 7.89. The van der Waals surface area contributed by atoms with Crippen molar-refractivity contribution >= 4 is 16.0 Å². The van der Waals surface area contributed by atoms with Gasteiger partial charge < -0.3 is 9.15 Å². The number of sulfonamides is 1. The largest absolute Gasteiger partial charge is 0.469 e. The maximum Gasteiger partial charge on any atom is 0.337 e. The van der Waals surface area contributed by atoms with E-state index in [9.17, 15) is 13.2 Å². The van der Waals surface area contributed by atoms with Gasteiger partial charge in [0, 0.05) is 12.5 Å². The average molecular weight is 337 g/mol. The molecule has 1 unspecified atom stereocenters. The molecule has 1 heterocycles. The fraction of sp³-hybridized carbons (Fsp3) is 0.312. The molecule has 23 heavy (non-hydrogen) atoms. The number of rotatable bonds is 6. The number of esters is 1. The van der Waals surface area contributed by atoms with Crippen LogP contribution in [0.5, 0.6) is 0 Å². The average Bonchev–Trinajstić information content (AvgIpc) is 2.98. The zero-order valence-electron chi connectivity index (χ0n) is 13.2. The first kappa shape index (κ1) is 17.2. The number of aryl methyl sites for hydroxylation is 1. The van der Waals surface area contributed by atoms with Crippen LogP contribution in [0.4, 0.5) is 0 Å². The van der Waals surface area contributed by atoms with Crippen LogP contribution in [0.3, 0.4) is 0 Å². The Morgan fingerprint density at radius 2 is 2.09 bits per heavy atom. The molecule has 0 spiro atoms. The molecule has 0 aliphatic carbocycles. The minimum absolute atomic E-state index is 0.0618. The molecule has 1 aromatic heterocycles. The van der Waals surface area contributed by atoms with Gasteiger partial charge >= 0.3 is 5.97 Å². The first-order valence-electron chi connectivity index (χ1n) is 7.07. The van der Waals surface area contributed by atoms with Gasteiger partial charge in [-0.3, -0.25) is 0 Å². The van der Waals surface area contributed by atoms with Crippen LogP contribution in [-0.4, -0.2) is 27.5 Å². The number of hydrogen-bond donors (Lipinski definition) is 1. The Kier molecular flexibility index (Phi) is 5.23. The zero-order valence-corrected chi connectivity index (χ0v) is 14.0. The molecule has 6 nitrogen and oxygen atoms in total. The zero-order chi connectivity index (χ0) is 17.0. The van der Waals surface area contributed by atoms with E-state index in [1.807, 2.05) is 0 Å². The van der Waals surface area contributed by atoms with Crippen LogP contribution in [0.25, 0.3) is 0 Å². The molecule has 0 saturated carbocycles. The molecule has 0 aliphatic heterocycles. The van der Waals surface area contributed by atoms with Crippen molar-refractivity contribution in [3.63, 3.8) is 0 Å². The molecule has 124 valence electrons. The van der Waals surface area contributed by atoms with Crippen molar-refractivity contribution in [1.82, 2.24) is 4.72 Å². The Labute approximate surface area is 135 Å². The molecule has 1 aromatic carbocycles. The number of carbonyl (C=O) groups excluding carboxylic acids is 1. The van der Waals surface area contributed by atoms with Gasteiger partial charge in [0.15, 0.2) is 0 Å². The predicted molar refractivity (Wildman–Crippen MR) is 84.7 cm³/mol. The van der Waals surface area contributed by atoms with E-state index in [-0.39, 0.29) is 16.5 Å². The van der Waals surface area contributed by atoms with Gasteiger partial charge in [0.1, 0.15) is 5.76 Å². The second kappa shape index (κ2) is 6.97. The van der Waals surface area contributed by atoms with Crippen LogP contribution in [0.15, 0.2) is 45.9 Å². The van der Waals surface area contributed by atoms with Crippen LogP contribution in [0.1, 0.15) is 28.6 Å². The van der Waals surface area contributed by atoms with Gasteiger partial charge in [-0.1, -0.05) is 6.07 Å². The maximum atomic E-state index is 12.6. The van der Waals surface area contributed by atoms with Crippen LogP contribution in [0.2, 0.25) is 0 Å². The second-order valence-electron chi connectivity index (χ2n) is 5.28. The summed E-state index contributed by atoms with van der Waals surface area (Å²) in [5.74, 6) is 0.116. The van der Waals surface area contributed by atoms with Gasteiger partial charge in [-0.15, -0.1) is 0 Å². The summed E-state index contributed by atoms with van der Waals surface area (Å²) in [5.41, 5.74) is 0.743. The number of furan rings is 1. The quantitative estimate of drug-likeness (QED) is 0.817. The number of methoxy groups -OCH3 is 1. The maximum absolute atomic E-state index is 12.6. The Bertz CT molecular complexity index is 781. The van der Waals surface area contributed by atoms with Gasteiger partial charge in [-0.25, -0.2) is 17.9 Å². The third-order valence-electron chi connectivity index (χ3n) is 3.34. The molecule has 0 bridgehead atoms. The van der Waals surface area contributed by atoms with E-state index in [4.69, 9.17) is 4.42 Å². The van der Waals surface area contributed by atoms with Gasteiger partial charge in [0.05, 0.1) is 23.8 Å². The lowest BCUT2D eigenvalue weighted by molar-refractivity contribution is 0.0600. The van der Waals surface area contributed by atoms with Crippen molar-refractivity contribution in [2.45, 2.75) is 31.2 Å². The SMILES string of the molecule is COC(=O)c1ccc(C)c(S(=O)(=O)NC(C)Cc2ccco2)c1. The van der Waals surface area contributed by atoms with E-state index in [2.05, 4.69) is 9.46 Å². The van der Waals surface area contributed by atoms with Crippen LogP contribution >= 0.6 is 0 Å². The van der Waals surface area contributed by atoms with Crippen molar-refractivity contribution in [3.05, 3.63) is 53.5 Å². The summed E-state index contributed by atoms with van der Waals surface area (Å²) in [6.07, 6.45) is 1.97. The molecule has 7 heteroatoms. The Morgan fingerprint density at radius 1 is 1.35 bits per heavy atom. The molecular formula is C16H19NO5S. The smallest absolute Gasteiger partial charge is 0.337 e. The summed E-state index contributed by atoms with van der Waals surface area (Å²) in [7, 11) is -2.51. The highest BCUT2D eigenvalue weighted by Gasteiger charge is 2.22. The van der Waals surface area contributed by atoms with E-state index in [1.54, 1.807) is 38.3 Å². The fourth-order valence-corrected chi connectivity index (χ4v) is 3.75. The summed E-state index contributed by atoms with van der Waals surface area (Å²) in [6, 6.07) is 7.62. The first-order chi connectivity index (χ1) is 10.8. The van der Waals surface area contributed by atoms with Gasteiger partial charge in [0.25, 0.3) is 0 Å². The van der Waals surface area contributed by atoms with Gasteiger partial charge in [-0.2, -0.15) is 0 Å². The molecular weight excluding hydrogens is 318 g/mol. The molecule has 0 radical (unpaired) electrons. The number of benzene rings is 1. The lowest BCUT2D eigenvalue weighted by atomic mass is 10.1. The standard InChI is InChI=1S/C16H19NO5S/c1-11-6-7-13(16(18)21-3)10-15(11)23(19,20)17-12(2)9-14-5-4-8-22-14/h4-8,10,12,17H,9H2,1-3H3. The third kappa shape index (κ3) is 4.20. The summed E-state index contributed by atoms with van der Waals surface area (Å²) >= 11 is 0. The summed E-state index contributed by atoms with van der Waals surface area (Å²) < 4.78 is 37.6. The predicted octanol–water partition coefficient (Wildman–Crippen LogP) is 2.28. The van der Waals surface area contributed by atoms with Crippen LogP contribution in [-0.2, 0) is 21.2 Å². The third-order valence-corrected chi connectivity index (χ3v) is 5.07. The lowest BCUT2D eigenvalue weighted by Gasteiger charge is -2.15. The number of hydrogen-bond acceptors (Lipinski definition) is 5. The highest BCUT2D eigenvalue weighted by Crippen LogP contribution is 2.18. The van der Waals surface area contributed by atoms with E-state index < -0.39 is 16.0 Å². The van der Waals surface area contributed by atoms with Crippen molar-refractivity contribution in [3.8, 4) is 0 Å². The number of nitrogens with one attached hydrogen (secondary N) is 1. The van der Waals surface area contributed by atoms with E-state index in [0.717, 1.165) is 0 Å². The monoisotopic (exact) mass is 337 g/mol. The number of carbonyl (C=O) groups is 1. The van der Waals surface area contributed by atoms with Crippen molar-refractivity contribution in [2.24, 2.45) is 0 Å². The van der Waals surface area contributed by atoms with Crippen molar-refractivity contribution in [1.29, 1.82) is 0 Å². The van der Waals surface area contributed by atoms with Crippen molar-refractivity contribution < 1.29 is 22.4 Å². The fourth-order valence-electron chi connectivity index (χ4n) is 2.23. The van der Waals surface area contributed by atoms with Gasteiger partial charge in [-0.05, 0) is 43.7 Å². The highest BCUT2D eigenvalue weighted by atomic mass is 32.2. The summed E-state index contributed by atoms with van der Waals surface area (Å²) in [4.78, 5) is 11.6. The molecule has 0 amide bonds. The molecule has 0 aliphatic rings. The second-order valence-corrected chi connectivity index (χ2v) is 6.96. The summed E-state index contributed by atoms with van der Waals surface area (Å²) in [6.45, 7) is 3.42. The van der Waals surface area contributed by atoms with Gasteiger partial charge in [0.2, 0.25) is 10.0 Å². The van der Waals surface area contributed by atoms with E-state index in [1.165, 1.54) is 19.2 Å². The van der Waals surface area contributed by atoms with Crippen LogP contribution in [0, 0.1) is 6.92 Å². The molecule has 2 rings (SSSR count). The lowest BCUT2D eigenvalue weighted by Crippen LogP contribution is -2.34. The molecule has 0 fully saturated rings. The van der Waals surface area contributed by atoms with E-state index >= 15 is 0 Å². The molecule has 0 saturated heterocycles. The van der Waals surface area contributed by atoms with E-state index in [0.29, 0.717) is 17.7 Å². The Hall–Kier alpha value is -2.12. The molecule has 2 aromatic rings. The minimum atomic E-state index is -3.76. The molecule has 1 atom stereocenters. The first-order valence-corrected chi connectivity index (χ1v) is 8.55. The topological polar surface area (TPSA) is 85.6 Å². The molecule has 1 N–H and O–H groups in total. The Morgan fingerprint density at radius 3 is 2.70 bits per heavy atom. The minimum Gasteiger partial charge on any atom is -0.469 e. The Balaban J connectivity index is 2.23. The van der Waals surface area contributed by atoms with Crippen molar-refractivity contribution in [2.75, 3.05) is 7.11 Å². The summed E-state index contributed by atoms with van der Waals surface area (Å²) in [5, 5.41) is 0. The van der Waals surface area contributed by atoms with Crippen LogP contribution < -0.4 is 4.72 Å². The number of ether oxygens (including phenoxy) is 1. The normalized spacial score (nSPS) is 12.8.